The summed E-state index contributed by atoms with van der Waals surface area (Å²) in [5.41, 5.74) is -8.09. The monoisotopic (exact) mass is 1080 g/mol. The van der Waals surface area contributed by atoms with Crippen LogP contribution >= 0.6 is 0 Å². The molecule has 0 unspecified atom stereocenters. The molecule has 2 bridgehead atoms. The van der Waals surface area contributed by atoms with Crippen molar-refractivity contribution in [3.05, 3.63) is 119 Å². The number of amides is 2. The Balaban J connectivity index is 0.00000937. The van der Waals surface area contributed by atoms with E-state index >= 15 is 9.59 Å². The summed E-state index contributed by atoms with van der Waals surface area (Å²) < 4.78 is 69.8. The molecular weight excluding hydrogens is 1020 g/mol. The van der Waals surface area contributed by atoms with E-state index in [9.17, 15) is 52.0 Å². The summed E-state index contributed by atoms with van der Waals surface area (Å²) in [7, 11) is -4.68. The molecule has 7 rings (SSSR count). The molecule has 0 spiro atoms. The Labute approximate surface area is 460 Å². The van der Waals surface area contributed by atoms with Crippen molar-refractivity contribution in [2.75, 3.05) is 18.9 Å². The molecule has 0 radical (unpaired) electrons. The second-order valence-corrected chi connectivity index (χ2v) is 21.5. The first-order valence-electron chi connectivity index (χ1n) is 24.2. The average Bonchev–Trinajstić information content (AvgIpc) is 3.35. The van der Waals surface area contributed by atoms with Crippen molar-refractivity contribution in [1.29, 1.82) is 0 Å². The first kappa shape index (κ1) is 59.4. The van der Waals surface area contributed by atoms with Gasteiger partial charge in [-0.3, -0.25) is 28.8 Å². The quantitative estimate of drug-likeness (QED) is 0.0445. The minimum absolute atomic E-state index is 0. The minimum atomic E-state index is -4.68. The second kappa shape index (κ2) is 23.4. The van der Waals surface area contributed by atoms with Crippen LogP contribution in [-0.4, -0.2) is 137 Å². The summed E-state index contributed by atoms with van der Waals surface area (Å²) in [5, 5.41) is 31.1. The van der Waals surface area contributed by atoms with Gasteiger partial charge in [-0.05, 0) is 54.8 Å². The van der Waals surface area contributed by atoms with Crippen molar-refractivity contribution in [3.8, 4) is 0 Å². The van der Waals surface area contributed by atoms with Crippen LogP contribution in [0.3, 0.4) is 0 Å². The van der Waals surface area contributed by atoms with Gasteiger partial charge >= 0.3 is 59.4 Å². The van der Waals surface area contributed by atoms with E-state index in [4.69, 9.17) is 28.4 Å². The van der Waals surface area contributed by atoms with Gasteiger partial charge in [0.15, 0.2) is 17.5 Å². The Morgan fingerprint density at radius 1 is 0.842 bits per heavy atom. The van der Waals surface area contributed by atoms with Gasteiger partial charge in [-0.2, -0.15) is 0 Å². The van der Waals surface area contributed by atoms with Crippen molar-refractivity contribution in [2.45, 2.75) is 121 Å². The SMILES string of the molecule is CC(=O)O[C@H]1C(=O)[C@@]2(C)[C@H]([C@H](OC(=O)c3ccccc3)[C@]3(O)C[C@H](OC(=O)[C@H](OC(=O)CCC(=O)NCCS(=O)(=O)[O-])[C@@H](NC(=O)c4ccccc4)c4ccccc4)C(C)=C1C3(C)C)[C@]1(OC(C)=O)CO[C@@H]1C[C@@H]2O.[Na+]. The van der Waals surface area contributed by atoms with Crippen molar-refractivity contribution in [2.24, 2.45) is 16.7 Å². The molecule has 23 heteroatoms. The normalized spacial score (nSPS) is 28.0. The fraction of sp³-hybridized carbons (Fsp3) is 0.472. The van der Waals surface area contributed by atoms with Crippen LogP contribution in [0.15, 0.2) is 102 Å². The molecule has 4 N–H and O–H groups in total. The Hall–Kier alpha value is -5.85. The molecule has 1 heterocycles. The number of aliphatic hydroxyl groups excluding tert-OH is 1. The molecule has 3 aromatic rings. The molecule has 0 aromatic heterocycles. The average molecular weight is 1080 g/mol. The van der Waals surface area contributed by atoms with Crippen LogP contribution < -0.4 is 40.2 Å². The molecule has 2 saturated carbocycles. The zero-order chi connectivity index (χ0) is 54.8. The smallest absolute Gasteiger partial charge is 0.748 e. The van der Waals surface area contributed by atoms with Gasteiger partial charge in [0, 0.05) is 50.6 Å². The maximum absolute atomic E-state index is 15.7. The molecule has 2 amide bonds. The van der Waals surface area contributed by atoms with E-state index in [0.717, 1.165) is 13.8 Å². The number of ketones is 1. The van der Waals surface area contributed by atoms with Crippen LogP contribution in [0.2, 0.25) is 0 Å². The van der Waals surface area contributed by atoms with E-state index in [1.54, 1.807) is 54.6 Å². The number of hydrogen-bond donors (Lipinski definition) is 4. The van der Waals surface area contributed by atoms with Gasteiger partial charge in [-0.1, -0.05) is 80.6 Å². The zero-order valence-corrected chi connectivity index (χ0v) is 45.8. The van der Waals surface area contributed by atoms with Gasteiger partial charge in [0.2, 0.25) is 12.0 Å². The van der Waals surface area contributed by atoms with E-state index in [1.807, 2.05) is 0 Å². The largest absolute Gasteiger partial charge is 1.00 e. The molecule has 11 atom stereocenters. The minimum Gasteiger partial charge on any atom is -0.748 e. The summed E-state index contributed by atoms with van der Waals surface area (Å²) in [6.07, 6.45) is -12.7. The van der Waals surface area contributed by atoms with E-state index in [-0.39, 0.29) is 63.8 Å². The molecule has 402 valence electrons. The van der Waals surface area contributed by atoms with Gasteiger partial charge in [0.25, 0.3) is 5.91 Å². The third-order valence-electron chi connectivity index (χ3n) is 14.9. The van der Waals surface area contributed by atoms with Crippen LogP contribution in [0.4, 0.5) is 0 Å². The number of esters is 5. The molecule has 3 aliphatic carbocycles. The van der Waals surface area contributed by atoms with Gasteiger partial charge in [0.05, 0.1) is 51.9 Å². The fourth-order valence-corrected chi connectivity index (χ4v) is 11.5. The Bertz CT molecular complexity index is 2870. The molecule has 3 aromatic carbocycles. The topological polar surface area (TPSA) is 314 Å². The van der Waals surface area contributed by atoms with E-state index in [2.05, 4.69) is 10.6 Å². The summed E-state index contributed by atoms with van der Waals surface area (Å²) in [5.74, 6) is -10.5. The molecule has 1 aliphatic heterocycles. The number of hydrogen-bond acceptors (Lipinski definition) is 19. The zero-order valence-electron chi connectivity index (χ0n) is 43.0. The van der Waals surface area contributed by atoms with Gasteiger partial charge < -0.3 is 53.8 Å². The van der Waals surface area contributed by atoms with Crippen molar-refractivity contribution >= 4 is 57.6 Å². The predicted octanol–water partition coefficient (Wildman–Crippen LogP) is -0.268. The van der Waals surface area contributed by atoms with Gasteiger partial charge in [-0.15, -0.1) is 0 Å². The first-order valence-corrected chi connectivity index (χ1v) is 25.7. The van der Waals surface area contributed by atoms with Crippen LogP contribution in [0.25, 0.3) is 0 Å². The maximum Gasteiger partial charge on any atom is 1.00 e. The maximum atomic E-state index is 15.7. The molecule has 1 saturated heterocycles. The number of aliphatic hydroxyl groups is 2. The third kappa shape index (κ3) is 11.8. The second-order valence-electron chi connectivity index (χ2n) is 19.9. The Morgan fingerprint density at radius 3 is 1.99 bits per heavy atom. The fourth-order valence-electron chi connectivity index (χ4n) is 11.1. The molecule has 4 aliphatic rings. The number of benzene rings is 3. The van der Waals surface area contributed by atoms with Crippen molar-refractivity contribution < 1.29 is 120 Å². The van der Waals surface area contributed by atoms with E-state index in [1.165, 1.54) is 64.1 Å². The summed E-state index contributed by atoms with van der Waals surface area (Å²) in [4.78, 5) is 112. The standard InChI is InChI=1S/C53H60N2O19S.Na/c1-29-35(71-49(64)43(72-39(60)23-22-38(59)54-24-25-75(66,67)68)41(32-16-10-7-11-17-32)55-47(62)33-18-12-8-13-19-33)27-53(65)46(73-48(63)34-20-14-9-15-21-34)44-51(6,36(58)26-37-52(44,28-69-37)74-31(3)57)45(61)42(70-30(2)56)40(29)50(53,4)5;/h7-21,35-37,41-44,46,58,65H,22-28H2,1-6H3,(H,54,59)(H,55,62)(H,66,67,68);/q;+1/p-1/t35-,36-,37+,41-,42+,43+,44-,46-,51+,52-,53+;/m0./s1. The number of rotatable bonds is 17. The number of nitrogens with one attached hydrogen (secondary N) is 2. The Morgan fingerprint density at radius 2 is 1.43 bits per heavy atom. The Kier molecular flexibility index (Phi) is 18.3. The number of ether oxygens (including phenoxy) is 6. The van der Waals surface area contributed by atoms with E-state index in [0.29, 0.717) is 0 Å². The molecule has 76 heavy (non-hydrogen) atoms. The molecule has 3 fully saturated rings. The first-order chi connectivity index (χ1) is 35.2. The van der Waals surface area contributed by atoms with Gasteiger partial charge in [-0.25, -0.2) is 18.0 Å². The summed E-state index contributed by atoms with van der Waals surface area (Å²) in [6, 6.07) is 21.7. The molecular formula is C53H59N2NaO19S. The summed E-state index contributed by atoms with van der Waals surface area (Å²) in [6.45, 7) is 6.99. The van der Waals surface area contributed by atoms with Crippen LogP contribution in [0.5, 0.6) is 0 Å². The number of carbonyl (C=O) groups excluding carboxylic acids is 8. The molecule has 21 nitrogen and oxygen atoms in total. The van der Waals surface area contributed by atoms with Gasteiger partial charge in [0.1, 0.15) is 30.0 Å². The van der Waals surface area contributed by atoms with Crippen LogP contribution in [0.1, 0.15) is 99.5 Å². The van der Waals surface area contributed by atoms with Crippen LogP contribution in [0, 0.1) is 16.7 Å². The third-order valence-corrected chi connectivity index (χ3v) is 15.7. The number of Topliss-reactive ketones (excluding diaryl/α,β-unsaturated/α-hetero) is 1. The number of carbonyl (C=O) groups is 8. The summed E-state index contributed by atoms with van der Waals surface area (Å²) >= 11 is 0. The van der Waals surface area contributed by atoms with Crippen molar-refractivity contribution in [1.82, 2.24) is 10.6 Å². The van der Waals surface area contributed by atoms with Crippen LogP contribution in [-0.2, 0) is 67.3 Å². The van der Waals surface area contributed by atoms with E-state index < -0.39 is 166 Å². The predicted molar refractivity (Wildman–Crippen MR) is 258 cm³/mol. The van der Waals surface area contributed by atoms with Crippen molar-refractivity contribution in [3.63, 3.8) is 0 Å². The number of fused-ring (bicyclic) bond motifs is 5.